The zero-order valence-corrected chi connectivity index (χ0v) is 13.1. The molecule has 1 amide bonds. The van der Waals surface area contributed by atoms with Crippen LogP contribution in [0.1, 0.15) is 28.1 Å². The number of aromatic nitrogens is 5. The zero-order valence-electron chi connectivity index (χ0n) is 12.3. The molecule has 3 aromatic heterocycles. The van der Waals surface area contributed by atoms with Crippen LogP contribution in [0.3, 0.4) is 0 Å². The fourth-order valence-corrected chi connectivity index (χ4v) is 2.88. The Morgan fingerprint density at radius 2 is 2.23 bits per heavy atom. The second kappa shape index (κ2) is 5.68. The number of hydrogen-bond donors (Lipinski definition) is 1. The van der Waals surface area contributed by atoms with Gasteiger partial charge in [-0.2, -0.15) is 5.10 Å². The monoisotopic (exact) mass is 318 g/mol. The Kier molecular flexibility index (Phi) is 3.72. The lowest BCUT2D eigenvalue weighted by Gasteiger charge is -2.02. The highest BCUT2D eigenvalue weighted by molar-refractivity contribution is 7.15. The molecule has 0 saturated heterocycles. The molecule has 0 unspecified atom stereocenters. The van der Waals surface area contributed by atoms with Crippen LogP contribution in [0.4, 0.5) is 6.01 Å². The lowest BCUT2D eigenvalue weighted by Crippen LogP contribution is -2.17. The van der Waals surface area contributed by atoms with Gasteiger partial charge in [0, 0.05) is 12.7 Å². The van der Waals surface area contributed by atoms with Gasteiger partial charge >= 0.3 is 6.01 Å². The summed E-state index contributed by atoms with van der Waals surface area (Å²) in [5, 5.41) is 15.3. The van der Waals surface area contributed by atoms with Crippen molar-refractivity contribution in [2.24, 2.45) is 0 Å². The van der Waals surface area contributed by atoms with Crippen LogP contribution >= 0.6 is 11.3 Å². The maximum atomic E-state index is 12.2. The summed E-state index contributed by atoms with van der Waals surface area (Å²) in [5.74, 6) is 0.00848. The van der Waals surface area contributed by atoms with Gasteiger partial charge in [0.25, 0.3) is 11.8 Å². The molecule has 3 rings (SSSR count). The zero-order chi connectivity index (χ0) is 15.7. The molecule has 0 atom stereocenters. The third-order valence-electron chi connectivity index (χ3n) is 2.99. The van der Waals surface area contributed by atoms with Crippen LogP contribution in [0.15, 0.2) is 16.7 Å². The van der Waals surface area contributed by atoms with Gasteiger partial charge < -0.3 is 4.42 Å². The van der Waals surface area contributed by atoms with Gasteiger partial charge in [-0.25, -0.2) is 4.98 Å². The summed E-state index contributed by atoms with van der Waals surface area (Å²) in [4.78, 5) is 17.3. The Labute approximate surface area is 130 Å². The molecule has 3 heterocycles. The molecule has 1 N–H and O–H groups in total. The van der Waals surface area contributed by atoms with Crippen molar-refractivity contribution in [3.8, 4) is 10.8 Å². The van der Waals surface area contributed by atoms with Gasteiger partial charge in [-0.05, 0) is 26.8 Å². The van der Waals surface area contributed by atoms with E-state index in [2.05, 4.69) is 25.6 Å². The lowest BCUT2D eigenvalue weighted by molar-refractivity contribution is 0.101. The van der Waals surface area contributed by atoms with Gasteiger partial charge in [0.05, 0.1) is 10.7 Å². The van der Waals surface area contributed by atoms with E-state index in [1.54, 1.807) is 16.9 Å². The standard InChI is InChI=1S/C13H14N6O2S/c1-4-19-9(5-6-14-19)11(20)16-13-18-17-12(21-13)10-7(2)15-8(3)22-10/h5-6H,4H2,1-3H3,(H,16,18,20). The summed E-state index contributed by atoms with van der Waals surface area (Å²) in [6.07, 6.45) is 1.57. The number of hydrogen-bond acceptors (Lipinski definition) is 7. The number of nitrogens with zero attached hydrogens (tertiary/aromatic N) is 5. The highest BCUT2D eigenvalue weighted by Crippen LogP contribution is 2.29. The third-order valence-corrected chi connectivity index (χ3v) is 4.05. The van der Waals surface area contributed by atoms with Gasteiger partial charge in [0.2, 0.25) is 0 Å². The fraction of sp³-hybridized carbons (Fsp3) is 0.308. The highest BCUT2D eigenvalue weighted by Gasteiger charge is 2.18. The lowest BCUT2D eigenvalue weighted by atomic mass is 10.4. The normalized spacial score (nSPS) is 10.9. The molecular formula is C13H14N6O2S. The number of thiazole rings is 1. The fourth-order valence-electron chi connectivity index (χ4n) is 2.03. The van der Waals surface area contributed by atoms with E-state index in [4.69, 9.17) is 4.42 Å². The van der Waals surface area contributed by atoms with E-state index in [0.717, 1.165) is 15.6 Å². The number of rotatable bonds is 4. The van der Waals surface area contributed by atoms with Crippen molar-refractivity contribution in [3.05, 3.63) is 28.7 Å². The molecule has 22 heavy (non-hydrogen) atoms. The Hall–Kier alpha value is -2.55. The molecule has 114 valence electrons. The molecule has 0 aliphatic carbocycles. The van der Waals surface area contributed by atoms with E-state index in [-0.39, 0.29) is 11.9 Å². The third kappa shape index (κ3) is 2.62. The van der Waals surface area contributed by atoms with Crippen LogP contribution in [0.2, 0.25) is 0 Å². The van der Waals surface area contributed by atoms with E-state index in [0.29, 0.717) is 18.1 Å². The van der Waals surface area contributed by atoms with Crippen molar-refractivity contribution in [1.29, 1.82) is 0 Å². The minimum atomic E-state index is -0.341. The summed E-state index contributed by atoms with van der Waals surface area (Å²) < 4.78 is 7.08. The molecule has 8 nitrogen and oxygen atoms in total. The second-order valence-corrected chi connectivity index (χ2v) is 5.75. The topological polar surface area (TPSA) is 98.7 Å². The number of amides is 1. The summed E-state index contributed by atoms with van der Waals surface area (Å²) in [6, 6.07) is 1.68. The van der Waals surface area contributed by atoms with Crippen molar-refractivity contribution in [2.75, 3.05) is 5.32 Å². The Balaban J connectivity index is 1.80. The molecule has 3 aromatic rings. The van der Waals surface area contributed by atoms with Crippen LogP contribution in [0.5, 0.6) is 0 Å². The summed E-state index contributed by atoms with van der Waals surface area (Å²) in [5.41, 5.74) is 1.26. The van der Waals surface area contributed by atoms with E-state index >= 15 is 0 Å². The second-order valence-electron chi connectivity index (χ2n) is 4.55. The van der Waals surface area contributed by atoms with Crippen LogP contribution < -0.4 is 5.32 Å². The first-order valence-electron chi connectivity index (χ1n) is 6.69. The summed E-state index contributed by atoms with van der Waals surface area (Å²) >= 11 is 1.47. The molecule has 0 aliphatic heterocycles. The Bertz CT molecular complexity index is 818. The Morgan fingerprint density at radius 1 is 1.41 bits per heavy atom. The molecule has 0 fully saturated rings. The summed E-state index contributed by atoms with van der Waals surface area (Å²) in [7, 11) is 0. The first-order chi connectivity index (χ1) is 10.6. The molecule has 0 spiro atoms. The van der Waals surface area contributed by atoms with E-state index < -0.39 is 0 Å². The van der Waals surface area contributed by atoms with Crippen molar-refractivity contribution >= 4 is 23.3 Å². The molecule has 0 aromatic carbocycles. The molecular weight excluding hydrogens is 304 g/mol. The average Bonchev–Trinajstić information content (AvgIpc) is 3.18. The van der Waals surface area contributed by atoms with E-state index in [1.807, 2.05) is 20.8 Å². The molecule has 0 saturated carbocycles. The highest BCUT2D eigenvalue weighted by atomic mass is 32.1. The first-order valence-corrected chi connectivity index (χ1v) is 7.51. The maximum absolute atomic E-state index is 12.2. The minimum Gasteiger partial charge on any atom is -0.402 e. The number of anilines is 1. The smallest absolute Gasteiger partial charge is 0.322 e. The van der Waals surface area contributed by atoms with Crippen molar-refractivity contribution in [1.82, 2.24) is 25.0 Å². The van der Waals surface area contributed by atoms with Gasteiger partial charge in [-0.15, -0.1) is 16.4 Å². The van der Waals surface area contributed by atoms with Gasteiger partial charge in [0.1, 0.15) is 10.6 Å². The van der Waals surface area contributed by atoms with E-state index in [9.17, 15) is 4.79 Å². The Morgan fingerprint density at radius 3 is 2.91 bits per heavy atom. The SMILES string of the molecule is CCn1nccc1C(=O)Nc1nnc(-c2sc(C)nc2C)o1. The first kappa shape index (κ1) is 14.4. The number of nitrogens with one attached hydrogen (secondary N) is 1. The van der Waals surface area contributed by atoms with Gasteiger partial charge in [-0.3, -0.25) is 14.8 Å². The van der Waals surface area contributed by atoms with Crippen molar-refractivity contribution in [3.63, 3.8) is 0 Å². The largest absolute Gasteiger partial charge is 0.402 e. The van der Waals surface area contributed by atoms with Crippen LogP contribution in [0.25, 0.3) is 10.8 Å². The maximum Gasteiger partial charge on any atom is 0.322 e. The molecule has 9 heteroatoms. The molecule has 0 radical (unpaired) electrons. The average molecular weight is 318 g/mol. The predicted octanol–water partition coefficient (Wildman–Crippen LogP) is 2.28. The van der Waals surface area contributed by atoms with Crippen LogP contribution in [-0.2, 0) is 6.54 Å². The minimum absolute atomic E-state index is 0.0503. The van der Waals surface area contributed by atoms with Crippen molar-refractivity contribution < 1.29 is 9.21 Å². The van der Waals surface area contributed by atoms with Crippen LogP contribution in [-0.4, -0.2) is 30.9 Å². The quantitative estimate of drug-likeness (QED) is 0.792. The molecule has 0 bridgehead atoms. The van der Waals surface area contributed by atoms with Crippen LogP contribution in [0, 0.1) is 13.8 Å². The number of carbonyl (C=O) groups is 1. The van der Waals surface area contributed by atoms with Crippen molar-refractivity contribution in [2.45, 2.75) is 27.3 Å². The van der Waals surface area contributed by atoms with E-state index in [1.165, 1.54) is 11.3 Å². The number of aryl methyl sites for hydroxylation is 3. The molecule has 0 aliphatic rings. The predicted molar refractivity (Wildman–Crippen MR) is 80.7 cm³/mol. The van der Waals surface area contributed by atoms with Gasteiger partial charge in [0.15, 0.2) is 0 Å². The van der Waals surface area contributed by atoms with Gasteiger partial charge in [-0.1, -0.05) is 5.10 Å². The summed E-state index contributed by atoms with van der Waals surface area (Å²) in [6.45, 7) is 6.29. The number of carbonyl (C=O) groups excluding carboxylic acids is 1.